The molecule has 6 nitrogen and oxygen atoms in total. The number of hydrogen-bond donors (Lipinski definition) is 2. The van der Waals surface area contributed by atoms with Crippen molar-refractivity contribution >= 4 is 10.0 Å². The summed E-state index contributed by atoms with van der Waals surface area (Å²) in [5.41, 5.74) is 0. The Morgan fingerprint density at radius 3 is 2.95 bits per heavy atom. The van der Waals surface area contributed by atoms with Gasteiger partial charge in [0.1, 0.15) is 5.82 Å². The average Bonchev–Trinajstić information content (AvgIpc) is 2.72. The van der Waals surface area contributed by atoms with Crippen molar-refractivity contribution in [3.63, 3.8) is 0 Å². The Morgan fingerprint density at radius 1 is 1.55 bits per heavy atom. The number of hydrogen-bond acceptors (Lipinski definition) is 4. The molecule has 0 bridgehead atoms. The third-order valence-electron chi connectivity index (χ3n) is 3.64. The molecule has 1 aromatic rings. The zero-order valence-corrected chi connectivity index (χ0v) is 13.2. The van der Waals surface area contributed by atoms with Gasteiger partial charge in [-0.2, -0.15) is 0 Å². The van der Waals surface area contributed by atoms with Gasteiger partial charge in [-0.25, -0.2) is 18.1 Å². The predicted octanol–water partition coefficient (Wildman–Crippen LogP) is 1.02. The highest BCUT2D eigenvalue weighted by atomic mass is 32.2. The molecule has 0 radical (unpaired) electrons. The highest BCUT2D eigenvalue weighted by molar-refractivity contribution is 7.89. The van der Waals surface area contributed by atoms with Crippen LogP contribution in [0.15, 0.2) is 11.2 Å². The smallest absolute Gasteiger partial charge is 0.259 e. The molecule has 1 aliphatic heterocycles. The van der Waals surface area contributed by atoms with Crippen molar-refractivity contribution in [2.45, 2.75) is 63.7 Å². The quantitative estimate of drug-likeness (QED) is 0.851. The van der Waals surface area contributed by atoms with Crippen LogP contribution in [0.3, 0.4) is 0 Å². The maximum atomic E-state index is 12.4. The first-order valence-corrected chi connectivity index (χ1v) is 8.70. The van der Waals surface area contributed by atoms with Gasteiger partial charge in [0.25, 0.3) is 10.0 Å². The molecule has 0 spiro atoms. The average molecular weight is 300 g/mol. The van der Waals surface area contributed by atoms with Crippen molar-refractivity contribution in [3.8, 4) is 0 Å². The lowest BCUT2D eigenvalue weighted by atomic mass is 10.0. The first-order chi connectivity index (χ1) is 9.42. The third kappa shape index (κ3) is 3.59. The van der Waals surface area contributed by atoms with Gasteiger partial charge >= 0.3 is 0 Å². The van der Waals surface area contributed by atoms with E-state index in [1.54, 1.807) is 6.20 Å². The summed E-state index contributed by atoms with van der Waals surface area (Å²) < 4.78 is 29.4. The van der Waals surface area contributed by atoms with E-state index in [9.17, 15) is 8.42 Å². The van der Waals surface area contributed by atoms with Crippen LogP contribution in [0, 0.1) is 6.92 Å². The van der Waals surface area contributed by atoms with Gasteiger partial charge in [-0.15, -0.1) is 0 Å². The summed E-state index contributed by atoms with van der Waals surface area (Å²) in [6.07, 6.45) is 4.22. The van der Waals surface area contributed by atoms with Gasteiger partial charge in [-0.1, -0.05) is 6.92 Å². The summed E-state index contributed by atoms with van der Waals surface area (Å²) >= 11 is 0. The van der Waals surface area contributed by atoms with Crippen molar-refractivity contribution in [1.29, 1.82) is 0 Å². The molecule has 20 heavy (non-hydrogen) atoms. The Hall–Kier alpha value is -0.920. The lowest BCUT2D eigenvalue weighted by Gasteiger charge is -2.28. The first kappa shape index (κ1) is 15.5. The fraction of sp³-hybridized carbons (Fsp3) is 0.769. The van der Waals surface area contributed by atoms with Crippen LogP contribution in [0.4, 0.5) is 0 Å². The van der Waals surface area contributed by atoms with Crippen molar-refractivity contribution < 1.29 is 8.42 Å². The van der Waals surface area contributed by atoms with Gasteiger partial charge in [0.15, 0.2) is 5.03 Å². The molecule has 0 aromatic carbocycles. The highest BCUT2D eigenvalue weighted by Gasteiger charge is 2.26. The molecular formula is C13H24N4O2S. The lowest BCUT2D eigenvalue weighted by molar-refractivity contribution is 0.361. The Balaban J connectivity index is 2.11. The molecule has 0 amide bonds. The molecule has 0 aliphatic carbocycles. The van der Waals surface area contributed by atoms with Gasteiger partial charge in [-0.3, -0.25) is 0 Å². The standard InChI is InChI=1S/C13H24N4O2S/c1-4-7-17-9-13(15-11(17)3)20(18,19)16-12-5-6-14-10(2)8-12/h9-10,12,14,16H,4-8H2,1-3H3. The van der Waals surface area contributed by atoms with E-state index < -0.39 is 10.0 Å². The van der Waals surface area contributed by atoms with Crippen LogP contribution < -0.4 is 10.0 Å². The number of sulfonamides is 1. The normalized spacial score (nSPS) is 23.9. The Labute approximate surface area is 121 Å². The van der Waals surface area contributed by atoms with Crippen molar-refractivity contribution in [1.82, 2.24) is 19.6 Å². The molecule has 7 heteroatoms. The molecule has 114 valence electrons. The highest BCUT2D eigenvalue weighted by Crippen LogP contribution is 2.14. The molecule has 2 N–H and O–H groups in total. The number of rotatable bonds is 5. The Morgan fingerprint density at radius 2 is 2.30 bits per heavy atom. The van der Waals surface area contributed by atoms with Gasteiger partial charge in [0.2, 0.25) is 0 Å². The summed E-state index contributed by atoms with van der Waals surface area (Å²) in [5, 5.41) is 3.45. The molecule has 1 aromatic heterocycles. The van der Waals surface area contributed by atoms with Crippen molar-refractivity contribution in [2.75, 3.05) is 6.54 Å². The van der Waals surface area contributed by atoms with Gasteiger partial charge in [-0.05, 0) is 39.7 Å². The summed E-state index contributed by atoms with van der Waals surface area (Å²) in [7, 11) is -3.51. The van der Waals surface area contributed by atoms with Crippen LogP contribution >= 0.6 is 0 Å². The zero-order valence-electron chi connectivity index (χ0n) is 12.4. The van der Waals surface area contributed by atoms with E-state index in [-0.39, 0.29) is 11.1 Å². The second-order valence-electron chi connectivity index (χ2n) is 5.52. The molecule has 1 aliphatic rings. The van der Waals surface area contributed by atoms with Crippen molar-refractivity contribution in [3.05, 3.63) is 12.0 Å². The zero-order chi connectivity index (χ0) is 14.8. The number of piperidine rings is 1. The summed E-state index contributed by atoms with van der Waals surface area (Å²) in [4.78, 5) is 4.18. The van der Waals surface area contributed by atoms with E-state index >= 15 is 0 Å². The maximum absolute atomic E-state index is 12.4. The van der Waals surface area contributed by atoms with Crippen LogP contribution in [0.5, 0.6) is 0 Å². The Kier molecular flexibility index (Phi) is 4.82. The molecule has 2 rings (SSSR count). The van der Waals surface area contributed by atoms with E-state index in [1.807, 2.05) is 11.5 Å². The number of nitrogens with one attached hydrogen (secondary N) is 2. The lowest BCUT2D eigenvalue weighted by Crippen LogP contribution is -2.46. The number of imidazole rings is 1. The van der Waals surface area contributed by atoms with E-state index in [1.165, 1.54) is 0 Å². The third-order valence-corrected chi connectivity index (χ3v) is 5.03. The van der Waals surface area contributed by atoms with Gasteiger partial charge < -0.3 is 9.88 Å². The maximum Gasteiger partial charge on any atom is 0.259 e. The SMILES string of the molecule is CCCn1cc(S(=O)(=O)NC2CCNC(C)C2)nc1C. The predicted molar refractivity (Wildman–Crippen MR) is 78.1 cm³/mol. The van der Waals surface area contributed by atoms with E-state index in [0.717, 1.165) is 38.2 Å². The minimum absolute atomic E-state index is 0.00659. The van der Waals surface area contributed by atoms with Crippen LogP contribution in [-0.2, 0) is 16.6 Å². The fourth-order valence-corrected chi connectivity index (χ4v) is 3.89. The van der Waals surface area contributed by atoms with E-state index in [0.29, 0.717) is 6.04 Å². The number of aryl methyl sites for hydroxylation is 2. The topological polar surface area (TPSA) is 76.0 Å². The summed E-state index contributed by atoms with van der Waals surface area (Å²) in [6.45, 7) is 7.60. The number of nitrogens with zero attached hydrogens (tertiary/aromatic N) is 2. The second-order valence-corrected chi connectivity index (χ2v) is 7.18. The second kappa shape index (κ2) is 6.24. The number of aromatic nitrogens is 2. The van der Waals surface area contributed by atoms with Crippen LogP contribution in [0.25, 0.3) is 0 Å². The minimum atomic E-state index is -3.51. The van der Waals surface area contributed by atoms with Gasteiger partial charge in [0.05, 0.1) is 0 Å². The molecular weight excluding hydrogens is 276 g/mol. The molecule has 2 unspecified atom stereocenters. The fourth-order valence-electron chi connectivity index (χ4n) is 2.59. The van der Waals surface area contributed by atoms with Crippen LogP contribution in [0.2, 0.25) is 0 Å². The molecule has 2 atom stereocenters. The summed E-state index contributed by atoms with van der Waals surface area (Å²) in [6, 6.07) is 0.337. The largest absolute Gasteiger partial charge is 0.334 e. The van der Waals surface area contributed by atoms with Gasteiger partial charge in [0, 0.05) is 24.8 Å². The monoisotopic (exact) mass is 300 g/mol. The van der Waals surface area contributed by atoms with Crippen LogP contribution in [0.1, 0.15) is 38.9 Å². The van der Waals surface area contributed by atoms with E-state index in [2.05, 4.69) is 28.9 Å². The van der Waals surface area contributed by atoms with Crippen LogP contribution in [-0.4, -0.2) is 36.6 Å². The molecule has 1 fully saturated rings. The molecule has 2 heterocycles. The first-order valence-electron chi connectivity index (χ1n) is 7.22. The summed E-state index contributed by atoms with van der Waals surface area (Å²) in [5.74, 6) is 0.742. The Bertz CT molecular complexity index is 553. The molecule has 0 saturated carbocycles. The van der Waals surface area contributed by atoms with Crippen molar-refractivity contribution in [2.24, 2.45) is 0 Å². The molecule has 1 saturated heterocycles. The minimum Gasteiger partial charge on any atom is -0.334 e. The van der Waals surface area contributed by atoms with E-state index in [4.69, 9.17) is 0 Å².